The molecule has 2 unspecified atom stereocenters. The van der Waals surface area contributed by atoms with Crippen molar-refractivity contribution in [3.63, 3.8) is 0 Å². The highest BCUT2D eigenvalue weighted by molar-refractivity contribution is 6.10. The zero-order valence-electron chi connectivity index (χ0n) is 7.50. The Bertz CT molecular complexity index is 168. The molecule has 0 bridgehead atoms. The van der Waals surface area contributed by atoms with Gasteiger partial charge in [0, 0.05) is 18.5 Å². The molecule has 0 amide bonds. The molecule has 2 nitrogen and oxygen atoms in total. The zero-order chi connectivity index (χ0) is 8.97. The van der Waals surface area contributed by atoms with E-state index in [1.165, 1.54) is 12.0 Å². The molecule has 4 N–H and O–H groups in total. The topological polar surface area (TPSA) is 52.0 Å². The first-order valence-corrected chi connectivity index (χ1v) is 4.64. The normalized spacial score (nSPS) is 31.0. The number of hydrogen-bond acceptors (Lipinski definition) is 2. The Kier molecular flexibility index (Phi) is 3.82. The quantitative estimate of drug-likeness (QED) is 0.463. The van der Waals surface area contributed by atoms with Crippen LogP contribution in [0.25, 0.3) is 0 Å². The highest BCUT2D eigenvalue weighted by Gasteiger charge is 2.20. The summed E-state index contributed by atoms with van der Waals surface area (Å²) in [6, 6.07) is 0.215. The van der Waals surface area contributed by atoms with Crippen molar-refractivity contribution >= 4 is 7.85 Å². The number of allylic oxidation sites excluding steroid dienone is 1. The van der Waals surface area contributed by atoms with Gasteiger partial charge < -0.3 is 11.5 Å². The van der Waals surface area contributed by atoms with Gasteiger partial charge in [-0.15, -0.1) is 0 Å². The van der Waals surface area contributed by atoms with Crippen LogP contribution in [-0.4, -0.2) is 20.4 Å². The lowest BCUT2D eigenvalue weighted by Crippen LogP contribution is -2.35. The van der Waals surface area contributed by atoms with Crippen LogP contribution in [0.15, 0.2) is 11.6 Å². The molecule has 0 heterocycles. The SMILES string of the molecule is [B]CC1=CCCCC(N)C1CN. The van der Waals surface area contributed by atoms with Crippen molar-refractivity contribution < 1.29 is 0 Å². The Hall–Kier alpha value is -0.275. The average molecular weight is 164 g/mol. The lowest BCUT2D eigenvalue weighted by atomic mass is 9.83. The third kappa shape index (κ3) is 2.11. The number of rotatable bonds is 2. The minimum absolute atomic E-state index is 0.215. The van der Waals surface area contributed by atoms with E-state index in [1.54, 1.807) is 0 Å². The summed E-state index contributed by atoms with van der Waals surface area (Å²) in [5.41, 5.74) is 12.9. The maximum atomic E-state index is 5.98. The predicted molar refractivity (Wildman–Crippen MR) is 53.0 cm³/mol. The molecule has 12 heavy (non-hydrogen) atoms. The molecule has 0 aromatic rings. The summed E-state index contributed by atoms with van der Waals surface area (Å²) < 4.78 is 0. The third-order valence-corrected chi connectivity index (χ3v) is 2.63. The van der Waals surface area contributed by atoms with Gasteiger partial charge in [0.25, 0.3) is 0 Å². The average Bonchev–Trinajstić information content (AvgIpc) is 2.26. The zero-order valence-corrected chi connectivity index (χ0v) is 7.50. The Balaban J connectivity index is 2.70. The van der Waals surface area contributed by atoms with Crippen LogP contribution in [0.2, 0.25) is 6.32 Å². The standard InChI is InChI=1S/C9H17BN2/c10-5-7-3-1-2-4-9(12)8(7)6-11/h3,8-9H,1-2,4-6,11-12H2. The second-order valence-corrected chi connectivity index (χ2v) is 3.42. The number of hydrogen-bond donors (Lipinski definition) is 2. The van der Waals surface area contributed by atoms with E-state index in [0.29, 0.717) is 18.8 Å². The van der Waals surface area contributed by atoms with Crippen LogP contribution in [0.3, 0.4) is 0 Å². The molecule has 66 valence electrons. The molecule has 0 fully saturated rings. The van der Waals surface area contributed by atoms with Crippen LogP contribution in [-0.2, 0) is 0 Å². The van der Waals surface area contributed by atoms with Gasteiger partial charge in [0.1, 0.15) is 0 Å². The minimum Gasteiger partial charge on any atom is -0.330 e. The van der Waals surface area contributed by atoms with Gasteiger partial charge in [0.15, 0.2) is 0 Å². The fraction of sp³-hybridized carbons (Fsp3) is 0.778. The van der Waals surface area contributed by atoms with E-state index in [2.05, 4.69) is 6.08 Å². The van der Waals surface area contributed by atoms with Crippen LogP contribution >= 0.6 is 0 Å². The maximum absolute atomic E-state index is 5.98. The first-order valence-electron chi connectivity index (χ1n) is 4.64. The molecule has 2 radical (unpaired) electrons. The Labute approximate surface area is 75.8 Å². The molecule has 0 spiro atoms. The van der Waals surface area contributed by atoms with E-state index in [-0.39, 0.29) is 6.04 Å². The van der Waals surface area contributed by atoms with Gasteiger partial charge >= 0.3 is 0 Å². The molecular formula is C9H17BN2. The second-order valence-electron chi connectivity index (χ2n) is 3.42. The molecule has 1 rings (SSSR count). The van der Waals surface area contributed by atoms with Crippen molar-refractivity contribution in [2.75, 3.05) is 6.54 Å². The van der Waals surface area contributed by atoms with Crippen molar-refractivity contribution in [1.82, 2.24) is 0 Å². The van der Waals surface area contributed by atoms with Crippen molar-refractivity contribution in [2.24, 2.45) is 17.4 Å². The molecule has 3 heteroatoms. The van der Waals surface area contributed by atoms with Gasteiger partial charge in [0.2, 0.25) is 0 Å². The molecule has 0 aliphatic heterocycles. The Morgan fingerprint density at radius 3 is 2.92 bits per heavy atom. The van der Waals surface area contributed by atoms with Gasteiger partial charge in [0.05, 0.1) is 7.85 Å². The molecule has 2 atom stereocenters. The van der Waals surface area contributed by atoms with Crippen molar-refractivity contribution in [3.8, 4) is 0 Å². The van der Waals surface area contributed by atoms with E-state index in [4.69, 9.17) is 19.3 Å². The van der Waals surface area contributed by atoms with Crippen molar-refractivity contribution in [2.45, 2.75) is 31.6 Å². The third-order valence-electron chi connectivity index (χ3n) is 2.63. The van der Waals surface area contributed by atoms with Crippen LogP contribution < -0.4 is 11.5 Å². The Morgan fingerprint density at radius 1 is 1.58 bits per heavy atom. The van der Waals surface area contributed by atoms with E-state index >= 15 is 0 Å². The first-order chi connectivity index (χ1) is 5.79. The van der Waals surface area contributed by atoms with E-state index in [9.17, 15) is 0 Å². The summed E-state index contributed by atoms with van der Waals surface area (Å²) in [6.07, 6.45) is 6.17. The van der Waals surface area contributed by atoms with Crippen LogP contribution in [0, 0.1) is 5.92 Å². The second kappa shape index (κ2) is 4.68. The molecule has 0 aromatic carbocycles. The van der Waals surface area contributed by atoms with Crippen LogP contribution in [0.4, 0.5) is 0 Å². The van der Waals surface area contributed by atoms with E-state index < -0.39 is 0 Å². The fourth-order valence-electron chi connectivity index (χ4n) is 1.83. The highest BCUT2D eigenvalue weighted by atomic mass is 14.7. The number of nitrogens with two attached hydrogens (primary N) is 2. The summed E-state index contributed by atoms with van der Waals surface area (Å²) in [7, 11) is 5.62. The van der Waals surface area contributed by atoms with Crippen LogP contribution in [0.1, 0.15) is 19.3 Å². The summed E-state index contributed by atoms with van der Waals surface area (Å²) in [5, 5.41) is 0. The Morgan fingerprint density at radius 2 is 2.33 bits per heavy atom. The van der Waals surface area contributed by atoms with Gasteiger partial charge in [-0.1, -0.05) is 18.0 Å². The largest absolute Gasteiger partial charge is 0.330 e. The molecular weight excluding hydrogens is 147 g/mol. The van der Waals surface area contributed by atoms with Gasteiger partial charge in [-0.25, -0.2) is 0 Å². The smallest absolute Gasteiger partial charge is 0.0712 e. The summed E-state index contributed by atoms with van der Waals surface area (Å²) in [5.74, 6) is 0.317. The molecule has 1 aliphatic carbocycles. The maximum Gasteiger partial charge on any atom is 0.0712 e. The fourth-order valence-corrected chi connectivity index (χ4v) is 1.83. The lowest BCUT2D eigenvalue weighted by Gasteiger charge is -2.22. The minimum atomic E-state index is 0.215. The van der Waals surface area contributed by atoms with Crippen LogP contribution in [0.5, 0.6) is 0 Å². The van der Waals surface area contributed by atoms with E-state index in [1.807, 2.05) is 0 Å². The summed E-state index contributed by atoms with van der Waals surface area (Å²) in [6.45, 7) is 0.629. The van der Waals surface area contributed by atoms with Gasteiger partial charge in [-0.2, -0.15) is 0 Å². The predicted octanol–water partition coefficient (Wildman–Crippen LogP) is 0.586. The molecule has 0 saturated carbocycles. The van der Waals surface area contributed by atoms with Gasteiger partial charge in [-0.3, -0.25) is 0 Å². The highest BCUT2D eigenvalue weighted by Crippen LogP contribution is 2.24. The van der Waals surface area contributed by atoms with Crippen molar-refractivity contribution in [3.05, 3.63) is 11.6 Å². The first kappa shape index (κ1) is 9.81. The lowest BCUT2D eigenvalue weighted by molar-refractivity contribution is 0.463. The van der Waals surface area contributed by atoms with E-state index in [0.717, 1.165) is 12.8 Å². The van der Waals surface area contributed by atoms with Crippen molar-refractivity contribution in [1.29, 1.82) is 0 Å². The molecule has 0 aromatic heterocycles. The monoisotopic (exact) mass is 164 g/mol. The van der Waals surface area contributed by atoms with Gasteiger partial charge in [-0.05, 0) is 19.3 Å². The summed E-state index contributed by atoms with van der Waals surface area (Å²) in [4.78, 5) is 0. The molecule has 0 saturated heterocycles. The summed E-state index contributed by atoms with van der Waals surface area (Å²) >= 11 is 0. The molecule has 1 aliphatic rings.